The first kappa shape index (κ1) is 16.3. The van der Waals surface area contributed by atoms with Crippen LogP contribution in [0.2, 0.25) is 6.04 Å². The number of primary amides is 1. The van der Waals surface area contributed by atoms with E-state index >= 15 is 0 Å². The van der Waals surface area contributed by atoms with E-state index in [1.54, 1.807) is 14.2 Å². The Balaban J connectivity index is 3.87. The molecule has 0 radical (unpaired) electrons. The van der Waals surface area contributed by atoms with Crippen molar-refractivity contribution in [3.8, 4) is 0 Å². The molecule has 0 saturated carbocycles. The number of amides is 2. The first-order valence-corrected chi connectivity index (χ1v) is 7.51. The van der Waals surface area contributed by atoms with Gasteiger partial charge in [0.15, 0.2) is 0 Å². The third kappa shape index (κ3) is 7.29. The monoisotopic (exact) mass is 265 g/mol. The maximum atomic E-state index is 10.4. The predicted octanol–water partition coefficient (Wildman–Crippen LogP) is -0.358. The number of carbonyl (C=O) groups is 1. The van der Waals surface area contributed by atoms with Crippen LogP contribution in [0.25, 0.3) is 0 Å². The third-order valence-corrected chi connectivity index (χ3v) is 5.11. The second-order valence-electron chi connectivity index (χ2n) is 3.48. The molecule has 0 aliphatic heterocycles. The molecule has 17 heavy (non-hydrogen) atoms. The summed E-state index contributed by atoms with van der Waals surface area (Å²) >= 11 is 0. The molecule has 0 spiro atoms. The van der Waals surface area contributed by atoms with Crippen LogP contribution >= 0.6 is 0 Å². The van der Waals surface area contributed by atoms with Crippen molar-refractivity contribution in [2.24, 2.45) is 11.5 Å². The van der Waals surface area contributed by atoms with Crippen molar-refractivity contribution in [2.75, 3.05) is 33.9 Å². The average molecular weight is 265 g/mol. The van der Waals surface area contributed by atoms with Crippen LogP contribution in [-0.4, -0.2) is 48.8 Å². The van der Waals surface area contributed by atoms with Gasteiger partial charge >= 0.3 is 14.8 Å². The Labute approximate surface area is 103 Å². The van der Waals surface area contributed by atoms with Gasteiger partial charge in [-0.3, -0.25) is 0 Å². The Kier molecular flexibility index (Phi) is 9.00. The smallest absolute Gasteiger partial charge is 0.377 e. The molecule has 2 amide bonds. The largest absolute Gasteiger partial charge is 0.500 e. The summed E-state index contributed by atoms with van der Waals surface area (Å²) in [5.41, 5.74) is 10.4. The van der Waals surface area contributed by atoms with Crippen LogP contribution in [0.15, 0.2) is 0 Å². The fourth-order valence-corrected chi connectivity index (χ4v) is 3.35. The lowest BCUT2D eigenvalue weighted by Crippen LogP contribution is -2.44. The zero-order valence-electron chi connectivity index (χ0n) is 10.5. The number of nitrogens with one attached hydrogen (secondary N) is 1. The Morgan fingerprint density at radius 3 is 2.41 bits per heavy atom. The van der Waals surface area contributed by atoms with Crippen molar-refractivity contribution in [1.82, 2.24) is 5.32 Å². The van der Waals surface area contributed by atoms with E-state index in [1.165, 1.54) is 0 Å². The molecule has 0 unspecified atom stereocenters. The number of hydrogen-bond donors (Lipinski definition) is 3. The molecule has 7 nitrogen and oxygen atoms in total. The highest BCUT2D eigenvalue weighted by Gasteiger charge is 2.37. The summed E-state index contributed by atoms with van der Waals surface area (Å²) in [5.74, 6) is 0. The molecule has 0 heterocycles. The van der Waals surface area contributed by atoms with E-state index in [1.807, 2.05) is 0 Å². The molecule has 0 saturated heterocycles. The molecule has 0 atom stereocenters. The highest BCUT2D eigenvalue weighted by Crippen LogP contribution is 2.15. The summed E-state index contributed by atoms with van der Waals surface area (Å²) in [6.07, 6.45) is 1.46. The molecule has 0 aromatic carbocycles. The molecule has 5 N–H and O–H groups in total. The van der Waals surface area contributed by atoms with E-state index in [0.29, 0.717) is 32.2 Å². The molecule has 8 heteroatoms. The molecule has 102 valence electrons. The quantitative estimate of drug-likeness (QED) is 0.369. The average Bonchev–Trinajstić information content (AvgIpc) is 2.33. The van der Waals surface area contributed by atoms with Gasteiger partial charge in [-0.05, 0) is 19.4 Å². The Hall–Kier alpha value is -0.673. The maximum absolute atomic E-state index is 10.4. The van der Waals surface area contributed by atoms with Crippen molar-refractivity contribution < 1.29 is 18.1 Å². The van der Waals surface area contributed by atoms with Gasteiger partial charge < -0.3 is 30.1 Å². The fourth-order valence-electron chi connectivity index (χ4n) is 1.31. The topological polar surface area (TPSA) is 109 Å². The molecular formula is C9H23N3O4Si. The lowest BCUT2D eigenvalue weighted by Gasteiger charge is -2.26. The van der Waals surface area contributed by atoms with Crippen LogP contribution in [0, 0.1) is 0 Å². The molecule has 0 fully saturated rings. The number of nitrogens with two attached hydrogens (primary N) is 2. The second-order valence-corrected chi connectivity index (χ2v) is 6.45. The van der Waals surface area contributed by atoms with Crippen LogP contribution in [-0.2, 0) is 13.3 Å². The van der Waals surface area contributed by atoms with E-state index in [9.17, 15) is 4.79 Å². The lowest BCUT2D eigenvalue weighted by atomic mass is 10.4. The molecule has 0 aliphatic carbocycles. The zero-order valence-corrected chi connectivity index (χ0v) is 11.5. The summed E-state index contributed by atoms with van der Waals surface area (Å²) < 4.78 is 16.3. The number of rotatable bonds is 10. The van der Waals surface area contributed by atoms with Crippen LogP contribution in [0.4, 0.5) is 4.79 Å². The molecule has 0 rings (SSSR count). The predicted molar refractivity (Wildman–Crippen MR) is 66.4 cm³/mol. The minimum Gasteiger partial charge on any atom is -0.377 e. The van der Waals surface area contributed by atoms with Crippen molar-refractivity contribution >= 4 is 14.8 Å². The van der Waals surface area contributed by atoms with E-state index in [2.05, 4.69) is 5.32 Å². The first-order valence-electron chi connectivity index (χ1n) is 5.58. The molecule has 0 aromatic rings. The van der Waals surface area contributed by atoms with Gasteiger partial charge in [0.1, 0.15) is 0 Å². The highest BCUT2D eigenvalue weighted by molar-refractivity contribution is 6.60. The van der Waals surface area contributed by atoms with Gasteiger partial charge in [0.25, 0.3) is 0 Å². The van der Waals surface area contributed by atoms with E-state index < -0.39 is 14.8 Å². The van der Waals surface area contributed by atoms with Gasteiger partial charge in [-0.25, -0.2) is 4.79 Å². The summed E-state index contributed by atoms with van der Waals surface area (Å²) in [4.78, 5) is 10.4. The summed E-state index contributed by atoms with van der Waals surface area (Å²) in [6.45, 7) is 1.51. The van der Waals surface area contributed by atoms with E-state index in [-0.39, 0.29) is 0 Å². The van der Waals surface area contributed by atoms with Crippen molar-refractivity contribution in [3.05, 3.63) is 0 Å². The van der Waals surface area contributed by atoms with Crippen LogP contribution in [0.5, 0.6) is 0 Å². The second kappa shape index (κ2) is 9.37. The fraction of sp³-hybridized carbons (Fsp3) is 0.889. The summed E-state index contributed by atoms with van der Waals surface area (Å²) in [6, 6.07) is 0.162. The van der Waals surface area contributed by atoms with Gasteiger partial charge in [0.2, 0.25) is 0 Å². The zero-order chi connectivity index (χ0) is 13.1. The van der Waals surface area contributed by atoms with Crippen molar-refractivity contribution in [3.63, 3.8) is 0 Å². The number of carbonyl (C=O) groups excluding carboxylic acids is 1. The minimum absolute atomic E-state index is 0.457. The van der Waals surface area contributed by atoms with Gasteiger partial charge in [0.05, 0.1) is 0 Å². The molecular weight excluding hydrogens is 242 g/mol. The summed E-state index contributed by atoms with van der Waals surface area (Å²) in [7, 11) is 0.589. The normalized spacial score (nSPS) is 11.5. The highest BCUT2D eigenvalue weighted by atomic mass is 28.4. The Bertz CT molecular complexity index is 214. The minimum atomic E-state index is -2.57. The van der Waals surface area contributed by atoms with Gasteiger partial charge in [0, 0.05) is 33.4 Å². The van der Waals surface area contributed by atoms with Crippen molar-refractivity contribution in [1.29, 1.82) is 0 Å². The van der Waals surface area contributed by atoms with Crippen molar-refractivity contribution in [2.45, 2.75) is 18.9 Å². The Morgan fingerprint density at radius 2 is 1.94 bits per heavy atom. The van der Waals surface area contributed by atoms with Gasteiger partial charge in [-0.15, -0.1) is 0 Å². The standard InChI is InChI=1S/C9H23N3O4Si/c1-14-17(15-2,8-3-5-10)16-7-4-6-12-9(11)13/h3-8,10H2,1-2H3,(H3,11,12,13). The summed E-state index contributed by atoms with van der Waals surface area (Å²) in [5, 5.41) is 2.48. The van der Waals surface area contributed by atoms with Crippen LogP contribution in [0.3, 0.4) is 0 Å². The molecule has 0 bridgehead atoms. The first-order chi connectivity index (χ1) is 8.10. The van der Waals surface area contributed by atoms with Crippen LogP contribution in [0.1, 0.15) is 12.8 Å². The lowest BCUT2D eigenvalue weighted by molar-refractivity contribution is 0.0969. The number of hydrogen-bond acceptors (Lipinski definition) is 5. The van der Waals surface area contributed by atoms with E-state index in [4.69, 9.17) is 24.7 Å². The maximum Gasteiger partial charge on any atom is 0.500 e. The molecule has 0 aromatic heterocycles. The SMILES string of the molecule is CO[Si](CCCN)(OC)OCCCNC(N)=O. The van der Waals surface area contributed by atoms with Gasteiger partial charge in [-0.2, -0.15) is 0 Å². The molecule has 0 aliphatic rings. The van der Waals surface area contributed by atoms with E-state index in [0.717, 1.165) is 6.42 Å². The number of urea groups is 1. The van der Waals surface area contributed by atoms with Crippen LogP contribution < -0.4 is 16.8 Å². The Morgan fingerprint density at radius 1 is 1.29 bits per heavy atom. The third-order valence-electron chi connectivity index (χ3n) is 2.25. The van der Waals surface area contributed by atoms with Gasteiger partial charge in [-0.1, -0.05) is 0 Å².